The van der Waals surface area contributed by atoms with Crippen LogP contribution in [-0.4, -0.2) is 84.4 Å². The van der Waals surface area contributed by atoms with Gasteiger partial charge in [-0.3, -0.25) is 19.2 Å². The van der Waals surface area contributed by atoms with Gasteiger partial charge in [-0.2, -0.15) is 0 Å². The van der Waals surface area contributed by atoms with E-state index >= 15 is 0 Å². The van der Waals surface area contributed by atoms with Crippen molar-refractivity contribution in [2.24, 2.45) is 11.8 Å². The standard InChI is InChI=1S/C34H50N4O8/c1-7-21(3)25(31(41)35-5)37-33(43)29(45-19-23-15-11-9-12-16-23)27(39)28(40)30(46-20-24-17-13-10-14-18-24)34(44)38-26(22(4)8-2)32(42)36-6/h9-18,21-22,25-30,39-40H,7-8,19-20H2,1-6H3,(H,35,41)(H,36,42)(H,37,43)(H,38,44)/t21-,22+,25-,26+,27+,28-,29+,30-. The molecule has 0 aliphatic heterocycles. The number of hydrogen-bond acceptors (Lipinski definition) is 8. The fourth-order valence-electron chi connectivity index (χ4n) is 4.72. The van der Waals surface area contributed by atoms with Crippen molar-refractivity contribution < 1.29 is 38.9 Å². The van der Waals surface area contributed by atoms with Gasteiger partial charge in [0.2, 0.25) is 11.8 Å². The molecule has 2 aromatic rings. The summed E-state index contributed by atoms with van der Waals surface area (Å²) in [7, 11) is 2.90. The predicted octanol–water partition coefficient (Wildman–Crippen LogP) is 1.43. The van der Waals surface area contributed by atoms with Crippen molar-refractivity contribution in [3.63, 3.8) is 0 Å². The predicted molar refractivity (Wildman–Crippen MR) is 173 cm³/mol. The molecule has 0 heterocycles. The first-order valence-electron chi connectivity index (χ1n) is 15.7. The van der Waals surface area contributed by atoms with Crippen molar-refractivity contribution >= 4 is 23.6 Å². The maximum Gasteiger partial charge on any atom is 0.252 e. The fraction of sp³-hybridized carbons (Fsp3) is 0.529. The number of ether oxygens (including phenoxy) is 2. The van der Waals surface area contributed by atoms with Crippen LogP contribution in [0.3, 0.4) is 0 Å². The first-order valence-corrected chi connectivity index (χ1v) is 15.7. The molecule has 0 aliphatic carbocycles. The minimum absolute atomic E-state index is 0.120. The summed E-state index contributed by atoms with van der Waals surface area (Å²) in [5, 5.41) is 33.4. The SMILES string of the molecule is CC[C@@H](C)[C@@H](NC(=O)[C@@H](OCc1ccccc1)[C@@H](O)[C@@H](O)[C@@H](OCc1ccccc1)C(=O)N[C@H](C(=O)NC)[C@@H](C)CC)C(=O)NC. The van der Waals surface area contributed by atoms with Gasteiger partial charge in [0.15, 0.2) is 12.2 Å². The van der Waals surface area contributed by atoms with E-state index in [-0.39, 0.29) is 25.0 Å². The van der Waals surface area contributed by atoms with Gasteiger partial charge in [-0.05, 0) is 23.0 Å². The number of aliphatic hydroxyl groups is 2. The number of benzene rings is 2. The summed E-state index contributed by atoms with van der Waals surface area (Å²) in [6, 6.07) is 15.9. The van der Waals surface area contributed by atoms with Gasteiger partial charge in [0, 0.05) is 14.1 Å². The van der Waals surface area contributed by atoms with Crippen molar-refractivity contribution in [2.45, 2.75) is 90.2 Å². The molecule has 254 valence electrons. The molecule has 0 aliphatic rings. The van der Waals surface area contributed by atoms with Crippen LogP contribution >= 0.6 is 0 Å². The Labute approximate surface area is 271 Å². The Morgan fingerprint density at radius 2 is 0.935 bits per heavy atom. The Balaban J connectivity index is 2.45. The smallest absolute Gasteiger partial charge is 0.252 e. The Morgan fingerprint density at radius 1 is 0.609 bits per heavy atom. The molecule has 0 fully saturated rings. The number of carbonyl (C=O) groups is 4. The van der Waals surface area contributed by atoms with Gasteiger partial charge in [0.1, 0.15) is 24.3 Å². The summed E-state index contributed by atoms with van der Waals surface area (Å²) in [5.74, 6) is -3.13. The van der Waals surface area contributed by atoms with E-state index in [1.165, 1.54) is 14.1 Å². The molecule has 0 unspecified atom stereocenters. The van der Waals surface area contributed by atoms with Gasteiger partial charge >= 0.3 is 0 Å². The Bertz CT molecular complexity index is 1140. The first kappa shape index (κ1) is 38.3. The quantitative estimate of drug-likeness (QED) is 0.133. The van der Waals surface area contributed by atoms with Gasteiger partial charge in [0.05, 0.1) is 13.2 Å². The second-order valence-corrected chi connectivity index (χ2v) is 11.4. The molecule has 2 aromatic carbocycles. The zero-order valence-corrected chi connectivity index (χ0v) is 27.6. The summed E-state index contributed by atoms with van der Waals surface area (Å²) in [6.45, 7) is 7.09. The molecule has 6 N–H and O–H groups in total. The second-order valence-electron chi connectivity index (χ2n) is 11.4. The van der Waals surface area contributed by atoms with Gasteiger partial charge in [-0.15, -0.1) is 0 Å². The highest BCUT2D eigenvalue weighted by molar-refractivity contribution is 5.91. The molecular formula is C34H50N4O8. The molecule has 0 aromatic heterocycles. The maximum absolute atomic E-state index is 13.7. The average molecular weight is 643 g/mol. The van der Waals surface area contributed by atoms with Crippen LogP contribution in [0.15, 0.2) is 60.7 Å². The van der Waals surface area contributed by atoms with Crippen LogP contribution in [0.25, 0.3) is 0 Å². The van der Waals surface area contributed by atoms with Crippen molar-refractivity contribution in [1.29, 1.82) is 0 Å². The zero-order valence-electron chi connectivity index (χ0n) is 27.6. The van der Waals surface area contributed by atoms with Gasteiger partial charge < -0.3 is 41.0 Å². The molecular weight excluding hydrogens is 592 g/mol. The third-order valence-electron chi connectivity index (χ3n) is 8.11. The Hall–Kier alpha value is -3.84. The number of likely N-dealkylation sites (N-methyl/N-ethyl adjacent to an activating group) is 2. The van der Waals surface area contributed by atoms with E-state index in [2.05, 4.69) is 21.3 Å². The Kier molecular flexibility index (Phi) is 16.4. The van der Waals surface area contributed by atoms with Crippen LogP contribution in [0.5, 0.6) is 0 Å². The minimum atomic E-state index is -1.99. The minimum Gasteiger partial charge on any atom is -0.387 e. The van der Waals surface area contributed by atoms with E-state index in [1.54, 1.807) is 62.4 Å². The van der Waals surface area contributed by atoms with Gasteiger partial charge in [-0.25, -0.2) is 0 Å². The summed E-state index contributed by atoms with van der Waals surface area (Å²) < 4.78 is 11.8. The van der Waals surface area contributed by atoms with Crippen molar-refractivity contribution in [3.05, 3.63) is 71.8 Å². The van der Waals surface area contributed by atoms with E-state index in [0.717, 1.165) is 0 Å². The molecule has 12 nitrogen and oxygen atoms in total. The maximum atomic E-state index is 13.7. The van der Waals surface area contributed by atoms with Crippen LogP contribution in [0.1, 0.15) is 51.7 Å². The number of nitrogens with one attached hydrogen (secondary N) is 4. The number of hydrogen-bond donors (Lipinski definition) is 6. The lowest BCUT2D eigenvalue weighted by Gasteiger charge is -2.33. The Morgan fingerprint density at radius 3 is 1.22 bits per heavy atom. The lowest BCUT2D eigenvalue weighted by atomic mass is 9.95. The van der Waals surface area contributed by atoms with Gasteiger partial charge in [-0.1, -0.05) is 101 Å². The van der Waals surface area contributed by atoms with Crippen LogP contribution in [0, 0.1) is 11.8 Å². The number of aliphatic hydroxyl groups excluding tert-OH is 2. The summed E-state index contributed by atoms with van der Waals surface area (Å²) in [4.78, 5) is 52.7. The first-order chi connectivity index (χ1) is 22.0. The zero-order chi connectivity index (χ0) is 34.2. The van der Waals surface area contributed by atoms with E-state index in [0.29, 0.717) is 24.0 Å². The highest BCUT2D eigenvalue weighted by Crippen LogP contribution is 2.18. The van der Waals surface area contributed by atoms with Crippen LogP contribution in [-0.2, 0) is 41.9 Å². The molecule has 2 rings (SSSR count). The van der Waals surface area contributed by atoms with E-state index < -0.39 is 60.1 Å². The molecule has 0 saturated heterocycles. The van der Waals surface area contributed by atoms with E-state index in [9.17, 15) is 29.4 Å². The second kappa shape index (κ2) is 19.6. The molecule has 12 heteroatoms. The average Bonchev–Trinajstić information content (AvgIpc) is 3.08. The molecule has 0 bridgehead atoms. The van der Waals surface area contributed by atoms with Crippen molar-refractivity contribution in [1.82, 2.24) is 21.3 Å². The molecule has 0 saturated carbocycles. The number of rotatable bonds is 19. The monoisotopic (exact) mass is 642 g/mol. The van der Waals surface area contributed by atoms with Gasteiger partial charge in [0.25, 0.3) is 11.8 Å². The molecule has 46 heavy (non-hydrogen) atoms. The molecule has 0 radical (unpaired) electrons. The van der Waals surface area contributed by atoms with Crippen LogP contribution in [0.4, 0.5) is 0 Å². The lowest BCUT2D eigenvalue weighted by Crippen LogP contribution is -2.60. The van der Waals surface area contributed by atoms with Crippen molar-refractivity contribution in [2.75, 3.05) is 14.1 Å². The summed E-state index contributed by atoms with van der Waals surface area (Å²) in [5.41, 5.74) is 1.37. The van der Waals surface area contributed by atoms with Crippen LogP contribution < -0.4 is 21.3 Å². The highest BCUT2D eigenvalue weighted by atomic mass is 16.5. The molecule has 8 atom stereocenters. The third kappa shape index (κ3) is 11.2. The number of amides is 4. The largest absolute Gasteiger partial charge is 0.387 e. The van der Waals surface area contributed by atoms with Crippen LogP contribution in [0.2, 0.25) is 0 Å². The molecule has 0 spiro atoms. The molecule has 4 amide bonds. The summed E-state index contributed by atoms with van der Waals surface area (Å²) >= 11 is 0. The van der Waals surface area contributed by atoms with E-state index in [4.69, 9.17) is 9.47 Å². The third-order valence-corrected chi connectivity index (χ3v) is 8.11. The highest BCUT2D eigenvalue weighted by Gasteiger charge is 2.43. The van der Waals surface area contributed by atoms with Crippen molar-refractivity contribution in [3.8, 4) is 0 Å². The summed E-state index contributed by atoms with van der Waals surface area (Å²) in [6.07, 6.45) is -6.27. The number of carbonyl (C=O) groups excluding carboxylic acids is 4. The fourth-order valence-corrected chi connectivity index (χ4v) is 4.72. The van der Waals surface area contributed by atoms with E-state index in [1.807, 2.05) is 26.0 Å². The normalized spacial score (nSPS) is 16.4. The topological polar surface area (TPSA) is 175 Å². The lowest BCUT2D eigenvalue weighted by molar-refractivity contribution is -0.171.